The molecule has 1 aromatic heterocycles. The molecule has 0 bridgehead atoms. The lowest BCUT2D eigenvalue weighted by atomic mass is 9.99. The molecule has 2 aromatic carbocycles. The molecule has 20 heavy (non-hydrogen) atoms. The Kier molecular flexibility index (Phi) is 3.14. The molecule has 0 spiro atoms. The summed E-state index contributed by atoms with van der Waals surface area (Å²) in [5, 5.41) is 5.38. The lowest BCUT2D eigenvalue weighted by molar-refractivity contribution is -0.118. The molecule has 3 nitrogen and oxygen atoms in total. The summed E-state index contributed by atoms with van der Waals surface area (Å²) in [4.78, 5) is 10.9. The van der Waals surface area contributed by atoms with Crippen molar-refractivity contribution >= 4 is 27.6 Å². The maximum absolute atomic E-state index is 13.9. The van der Waals surface area contributed by atoms with Crippen molar-refractivity contribution in [2.24, 2.45) is 0 Å². The zero-order chi connectivity index (χ0) is 14.1. The third-order valence-corrected chi connectivity index (χ3v) is 3.38. The van der Waals surface area contributed by atoms with E-state index in [9.17, 15) is 9.18 Å². The number of nitrogens with one attached hydrogen (secondary N) is 1. The number of halogens is 1. The Hall–Kier alpha value is -2.36. The Morgan fingerprint density at radius 3 is 3.00 bits per heavy atom. The SMILES string of the molecule is CC(=O)NCCc1cccc2cc(F)c3occc3c12. The number of carbonyl (C=O) groups is 1. The van der Waals surface area contributed by atoms with Gasteiger partial charge in [-0.2, -0.15) is 0 Å². The third-order valence-electron chi connectivity index (χ3n) is 3.38. The van der Waals surface area contributed by atoms with Gasteiger partial charge in [0, 0.05) is 18.9 Å². The Morgan fingerprint density at radius 2 is 2.20 bits per heavy atom. The molecule has 0 unspecified atom stereocenters. The molecular weight excluding hydrogens is 257 g/mol. The third kappa shape index (κ3) is 2.13. The van der Waals surface area contributed by atoms with Crippen molar-refractivity contribution in [3.8, 4) is 0 Å². The fraction of sp³-hybridized carbons (Fsp3) is 0.188. The van der Waals surface area contributed by atoms with Crippen LogP contribution in [0.3, 0.4) is 0 Å². The van der Waals surface area contributed by atoms with E-state index in [0.717, 1.165) is 21.7 Å². The predicted octanol–water partition coefficient (Wildman–Crippen LogP) is 3.40. The van der Waals surface area contributed by atoms with Gasteiger partial charge < -0.3 is 9.73 Å². The van der Waals surface area contributed by atoms with Gasteiger partial charge in [0.05, 0.1) is 6.26 Å². The maximum atomic E-state index is 13.9. The van der Waals surface area contributed by atoms with Crippen LogP contribution in [0.25, 0.3) is 21.7 Å². The second-order valence-corrected chi connectivity index (χ2v) is 4.77. The zero-order valence-corrected chi connectivity index (χ0v) is 11.1. The highest BCUT2D eigenvalue weighted by Gasteiger charge is 2.12. The first-order valence-electron chi connectivity index (χ1n) is 6.48. The van der Waals surface area contributed by atoms with Crippen LogP contribution < -0.4 is 5.32 Å². The molecule has 0 aliphatic carbocycles. The second-order valence-electron chi connectivity index (χ2n) is 4.77. The Balaban J connectivity index is 2.12. The average molecular weight is 271 g/mol. The van der Waals surface area contributed by atoms with E-state index in [1.165, 1.54) is 19.3 Å². The number of carbonyl (C=O) groups excluding carboxylic acids is 1. The molecule has 0 radical (unpaired) electrons. The Morgan fingerprint density at radius 1 is 1.35 bits per heavy atom. The molecule has 1 amide bonds. The molecule has 4 heteroatoms. The van der Waals surface area contributed by atoms with Crippen LogP contribution in [-0.4, -0.2) is 12.5 Å². The van der Waals surface area contributed by atoms with Gasteiger partial charge in [-0.1, -0.05) is 18.2 Å². The van der Waals surface area contributed by atoms with Crippen molar-refractivity contribution in [1.82, 2.24) is 5.32 Å². The van der Waals surface area contributed by atoms with Gasteiger partial charge in [0.2, 0.25) is 5.91 Å². The van der Waals surface area contributed by atoms with Crippen LogP contribution in [0.2, 0.25) is 0 Å². The number of benzene rings is 2. The fourth-order valence-electron chi connectivity index (χ4n) is 2.54. The van der Waals surface area contributed by atoms with Crippen molar-refractivity contribution in [2.75, 3.05) is 6.54 Å². The van der Waals surface area contributed by atoms with Crippen molar-refractivity contribution in [2.45, 2.75) is 13.3 Å². The van der Waals surface area contributed by atoms with E-state index in [1.807, 2.05) is 18.2 Å². The molecule has 0 fully saturated rings. The molecule has 0 atom stereocenters. The fourth-order valence-corrected chi connectivity index (χ4v) is 2.54. The monoisotopic (exact) mass is 271 g/mol. The van der Waals surface area contributed by atoms with Crippen LogP contribution in [0.15, 0.2) is 41.0 Å². The van der Waals surface area contributed by atoms with Gasteiger partial charge in [-0.15, -0.1) is 0 Å². The topological polar surface area (TPSA) is 42.2 Å². The molecule has 3 aromatic rings. The minimum absolute atomic E-state index is 0.0512. The second kappa shape index (κ2) is 4.96. The number of hydrogen-bond acceptors (Lipinski definition) is 2. The Labute approximate surface area is 115 Å². The average Bonchev–Trinajstić information content (AvgIpc) is 2.88. The molecule has 0 saturated heterocycles. The standard InChI is InChI=1S/C16H14FNO2/c1-10(19)18-7-5-11-3-2-4-12-9-14(17)16-13(15(11)12)6-8-20-16/h2-4,6,8-9H,5,7H2,1H3,(H,18,19). The van der Waals surface area contributed by atoms with E-state index in [-0.39, 0.29) is 17.3 Å². The van der Waals surface area contributed by atoms with Gasteiger partial charge in [0.1, 0.15) is 0 Å². The number of fused-ring (bicyclic) bond motifs is 3. The maximum Gasteiger partial charge on any atom is 0.216 e. The van der Waals surface area contributed by atoms with E-state index in [4.69, 9.17) is 4.42 Å². The van der Waals surface area contributed by atoms with Crippen molar-refractivity contribution in [1.29, 1.82) is 0 Å². The molecule has 0 aliphatic rings. The molecule has 1 N–H and O–H groups in total. The quantitative estimate of drug-likeness (QED) is 0.793. The van der Waals surface area contributed by atoms with Crippen molar-refractivity contribution in [3.05, 3.63) is 48.0 Å². The van der Waals surface area contributed by atoms with Crippen LogP contribution in [0, 0.1) is 5.82 Å². The van der Waals surface area contributed by atoms with Gasteiger partial charge in [0.25, 0.3) is 0 Å². The highest BCUT2D eigenvalue weighted by atomic mass is 19.1. The summed E-state index contributed by atoms with van der Waals surface area (Å²) < 4.78 is 19.1. The lowest BCUT2D eigenvalue weighted by Gasteiger charge is -2.08. The number of rotatable bonds is 3. The van der Waals surface area contributed by atoms with Crippen LogP contribution in [0.1, 0.15) is 12.5 Å². The summed E-state index contributed by atoms with van der Waals surface area (Å²) in [7, 11) is 0. The van der Waals surface area contributed by atoms with E-state index in [1.54, 1.807) is 6.07 Å². The van der Waals surface area contributed by atoms with Crippen LogP contribution in [-0.2, 0) is 11.2 Å². The van der Waals surface area contributed by atoms with Gasteiger partial charge >= 0.3 is 0 Å². The van der Waals surface area contributed by atoms with Gasteiger partial charge in [-0.25, -0.2) is 4.39 Å². The summed E-state index contributed by atoms with van der Waals surface area (Å²) in [6.07, 6.45) is 2.20. The van der Waals surface area contributed by atoms with E-state index in [0.29, 0.717) is 13.0 Å². The minimum Gasteiger partial charge on any atom is -0.461 e. The molecule has 0 saturated carbocycles. The Bertz CT molecular complexity index is 792. The van der Waals surface area contributed by atoms with Crippen molar-refractivity contribution < 1.29 is 13.6 Å². The zero-order valence-electron chi connectivity index (χ0n) is 11.1. The van der Waals surface area contributed by atoms with Crippen LogP contribution in [0.4, 0.5) is 4.39 Å². The number of furan rings is 1. The van der Waals surface area contributed by atoms with Gasteiger partial charge in [-0.3, -0.25) is 4.79 Å². The number of hydrogen-bond donors (Lipinski definition) is 1. The summed E-state index contributed by atoms with van der Waals surface area (Å²) in [6.45, 7) is 2.05. The molecule has 0 aliphatic heterocycles. The largest absolute Gasteiger partial charge is 0.461 e. The first-order valence-corrected chi connectivity index (χ1v) is 6.48. The normalized spacial score (nSPS) is 11.1. The predicted molar refractivity (Wildman–Crippen MR) is 76.1 cm³/mol. The van der Waals surface area contributed by atoms with Crippen LogP contribution >= 0.6 is 0 Å². The summed E-state index contributed by atoms with van der Waals surface area (Å²) in [6, 6.07) is 9.05. The van der Waals surface area contributed by atoms with E-state index < -0.39 is 0 Å². The van der Waals surface area contributed by atoms with E-state index >= 15 is 0 Å². The van der Waals surface area contributed by atoms with Crippen LogP contribution in [0.5, 0.6) is 0 Å². The van der Waals surface area contributed by atoms with Gasteiger partial charge in [0.15, 0.2) is 11.4 Å². The first kappa shape index (κ1) is 12.7. The van der Waals surface area contributed by atoms with E-state index in [2.05, 4.69) is 5.32 Å². The summed E-state index contributed by atoms with van der Waals surface area (Å²) in [5.41, 5.74) is 1.35. The van der Waals surface area contributed by atoms with Crippen molar-refractivity contribution in [3.63, 3.8) is 0 Å². The highest BCUT2D eigenvalue weighted by molar-refractivity contribution is 6.07. The smallest absolute Gasteiger partial charge is 0.216 e. The molecule has 102 valence electrons. The molecular formula is C16H14FNO2. The molecule has 1 heterocycles. The summed E-state index contributed by atoms with van der Waals surface area (Å²) in [5.74, 6) is -0.402. The minimum atomic E-state index is -0.350. The first-order chi connectivity index (χ1) is 9.66. The lowest BCUT2D eigenvalue weighted by Crippen LogP contribution is -2.22. The summed E-state index contributed by atoms with van der Waals surface area (Å²) >= 11 is 0. The molecule has 3 rings (SSSR count). The van der Waals surface area contributed by atoms with Gasteiger partial charge in [-0.05, 0) is 34.9 Å². The number of amides is 1. The highest BCUT2D eigenvalue weighted by Crippen LogP contribution is 2.31.